The van der Waals surface area contributed by atoms with Crippen LogP contribution >= 0.6 is 0 Å². The van der Waals surface area contributed by atoms with E-state index in [0.29, 0.717) is 12.1 Å². The molecule has 4 nitrogen and oxygen atoms in total. The highest BCUT2D eigenvalue weighted by Gasteiger charge is 2.39. The van der Waals surface area contributed by atoms with E-state index in [4.69, 9.17) is 0 Å². The molecule has 2 atom stereocenters. The smallest absolute Gasteiger partial charge is 0.240 e. The van der Waals surface area contributed by atoms with Gasteiger partial charge < -0.3 is 10.6 Å². The summed E-state index contributed by atoms with van der Waals surface area (Å²) in [5, 5.41) is 6.46. The summed E-state index contributed by atoms with van der Waals surface area (Å²) in [4.78, 5) is 14.7. The van der Waals surface area contributed by atoms with Gasteiger partial charge in [-0.1, -0.05) is 6.92 Å². The fourth-order valence-electron chi connectivity index (χ4n) is 3.12. The standard InChI is InChI=1S/C13H25N3O/c1-4-14-13(2,3)12(17)15-10-7-9-16-8-5-6-11(10)16/h10-11,14H,4-9H2,1-3H3,(H,15,17). The fourth-order valence-corrected chi connectivity index (χ4v) is 3.12. The Labute approximate surface area is 104 Å². The molecule has 1 amide bonds. The molecule has 2 heterocycles. The Morgan fingerprint density at radius 3 is 2.82 bits per heavy atom. The zero-order valence-corrected chi connectivity index (χ0v) is 11.3. The second-order valence-corrected chi connectivity index (χ2v) is 5.77. The molecule has 0 saturated carbocycles. The number of hydrogen-bond acceptors (Lipinski definition) is 3. The third-order valence-electron chi connectivity index (χ3n) is 4.11. The number of hydrogen-bond donors (Lipinski definition) is 2. The highest BCUT2D eigenvalue weighted by atomic mass is 16.2. The van der Waals surface area contributed by atoms with Crippen molar-refractivity contribution in [2.75, 3.05) is 19.6 Å². The number of rotatable bonds is 4. The second-order valence-electron chi connectivity index (χ2n) is 5.77. The molecular formula is C13H25N3O. The van der Waals surface area contributed by atoms with Crippen molar-refractivity contribution in [1.82, 2.24) is 15.5 Å². The number of likely N-dealkylation sites (N-methyl/N-ethyl adjacent to an activating group) is 1. The molecular weight excluding hydrogens is 214 g/mol. The van der Waals surface area contributed by atoms with Crippen molar-refractivity contribution in [3.63, 3.8) is 0 Å². The van der Waals surface area contributed by atoms with E-state index in [1.54, 1.807) is 0 Å². The molecule has 17 heavy (non-hydrogen) atoms. The number of nitrogens with one attached hydrogen (secondary N) is 2. The SMILES string of the molecule is CCNC(C)(C)C(=O)NC1CCN2CCCC12. The molecule has 0 aromatic heterocycles. The van der Waals surface area contributed by atoms with Gasteiger partial charge in [0.05, 0.1) is 5.54 Å². The normalized spacial score (nSPS) is 29.4. The maximum absolute atomic E-state index is 12.2. The Bertz CT molecular complexity index is 290. The van der Waals surface area contributed by atoms with E-state index in [2.05, 4.69) is 15.5 Å². The third kappa shape index (κ3) is 2.63. The Kier molecular flexibility index (Phi) is 3.73. The largest absolute Gasteiger partial charge is 0.350 e. The van der Waals surface area contributed by atoms with Crippen LogP contribution in [-0.4, -0.2) is 48.1 Å². The summed E-state index contributed by atoms with van der Waals surface area (Å²) in [5.41, 5.74) is -0.458. The first-order valence-electron chi connectivity index (χ1n) is 6.84. The number of fused-ring (bicyclic) bond motifs is 1. The Morgan fingerprint density at radius 1 is 1.35 bits per heavy atom. The van der Waals surface area contributed by atoms with Gasteiger partial charge in [0.2, 0.25) is 5.91 Å². The molecule has 2 rings (SSSR count). The number of carbonyl (C=O) groups is 1. The van der Waals surface area contributed by atoms with Crippen molar-refractivity contribution in [3.8, 4) is 0 Å². The molecule has 0 bridgehead atoms. The summed E-state index contributed by atoms with van der Waals surface area (Å²) in [6.45, 7) is 9.12. The van der Waals surface area contributed by atoms with Crippen molar-refractivity contribution in [1.29, 1.82) is 0 Å². The molecule has 98 valence electrons. The van der Waals surface area contributed by atoms with Gasteiger partial charge in [0.15, 0.2) is 0 Å². The number of amides is 1. The minimum atomic E-state index is -0.458. The summed E-state index contributed by atoms with van der Waals surface area (Å²) < 4.78 is 0. The predicted molar refractivity (Wildman–Crippen MR) is 68.9 cm³/mol. The fraction of sp³-hybridized carbons (Fsp3) is 0.923. The van der Waals surface area contributed by atoms with E-state index in [1.807, 2.05) is 20.8 Å². The van der Waals surface area contributed by atoms with E-state index in [-0.39, 0.29) is 5.91 Å². The van der Waals surface area contributed by atoms with Gasteiger partial charge in [-0.3, -0.25) is 9.69 Å². The van der Waals surface area contributed by atoms with Crippen LogP contribution in [0.1, 0.15) is 40.0 Å². The lowest BCUT2D eigenvalue weighted by molar-refractivity contribution is -0.127. The number of carbonyl (C=O) groups excluding carboxylic acids is 1. The van der Waals surface area contributed by atoms with E-state index >= 15 is 0 Å². The number of nitrogens with zero attached hydrogens (tertiary/aromatic N) is 1. The average molecular weight is 239 g/mol. The van der Waals surface area contributed by atoms with Crippen molar-refractivity contribution >= 4 is 5.91 Å². The molecule has 0 aromatic rings. The minimum absolute atomic E-state index is 0.137. The molecule has 0 aromatic carbocycles. The van der Waals surface area contributed by atoms with Gasteiger partial charge >= 0.3 is 0 Å². The van der Waals surface area contributed by atoms with Crippen LogP contribution < -0.4 is 10.6 Å². The van der Waals surface area contributed by atoms with Crippen molar-refractivity contribution in [2.24, 2.45) is 0 Å². The zero-order valence-electron chi connectivity index (χ0n) is 11.3. The molecule has 4 heteroatoms. The first kappa shape index (κ1) is 12.8. The van der Waals surface area contributed by atoms with Crippen LogP contribution in [0.3, 0.4) is 0 Å². The highest BCUT2D eigenvalue weighted by Crippen LogP contribution is 2.28. The van der Waals surface area contributed by atoms with Gasteiger partial charge in [0.25, 0.3) is 0 Å². The van der Waals surface area contributed by atoms with Crippen molar-refractivity contribution in [2.45, 2.75) is 57.7 Å². The Hall–Kier alpha value is -0.610. The molecule has 2 aliphatic rings. The summed E-state index contributed by atoms with van der Waals surface area (Å²) in [6, 6.07) is 0.958. The van der Waals surface area contributed by atoms with Crippen LogP contribution in [0.15, 0.2) is 0 Å². The van der Waals surface area contributed by atoms with Gasteiger partial charge in [-0.25, -0.2) is 0 Å². The van der Waals surface area contributed by atoms with Crippen molar-refractivity contribution in [3.05, 3.63) is 0 Å². The van der Waals surface area contributed by atoms with Crippen LogP contribution in [0.4, 0.5) is 0 Å². The van der Waals surface area contributed by atoms with E-state index in [1.165, 1.54) is 19.4 Å². The minimum Gasteiger partial charge on any atom is -0.350 e. The van der Waals surface area contributed by atoms with E-state index < -0.39 is 5.54 Å². The lowest BCUT2D eigenvalue weighted by Crippen LogP contribution is -2.56. The maximum Gasteiger partial charge on any atom is 0.240 e. The zero-order chi connectivity index (χ0) is 12.5. The molecule has 2 aliphatic heterocycles. The van der Waals surface area contributed by atoms with Crippen molar-refractivity contribution < 1.29 is 4.79 Å². The Balaban J connectivity index is 1.90. The molecule has 2 unspecified atom stereocenters. The highest BCUT2D eigenvalue weighted by molar-refractivity contribution is 5.85. The molecule has 0 spiro atoms. The first-order valence-corrected chi connectivity index (χ1v) is 6.84. The summed E-state index contributed by atoms with van der Waals surface area (Å²) in [5.74, 6) is 0.137. The quantitative estimate of drug-likeness (QED) is 0.760. The van der Waals surface area contributed by atoms with E-state index in [0.717, 1.165) is 19.5 Å². The van der Waals surface area contributed by atoms with Crippen LogP contribution in [-0.2, 0) is 4.79 Å². The predicted octanol–water partition coefficient (Wildman–Crippen LogP) is 0.727. The lowest BCUT2D eigenvalue weighted by atomic mass is 10.0. The first-order chi connectivity index (χ1) is 8.04. The second kappa shape index (κ2) is 4.94. The third-order valence-corrected chi connectivity index (χ3v) is 4.11. The van der Waals surface area contributed by atoms with Gasteiger partial charge in [-0.05, 0) is 46.2 Å². The molecule has 2 fully saturated rings. The van der Waals surface area contributed by atoms with Gasteiger partial charge in [0.1, 0.15) is 0 Å². The van der Waals surface area contributed by atoms with Crippen LogP contribution in [0.2, 0.25) is 0 Å². The van der Waals surface area contributed by atoms with E-state index in [9.17, 15) is 4.79 Å². The lowest BCUT2D eigenvalue weighted by Gasteiger charge is -2.28. The molecule has 0 aliphatic carbocycles. The molecule has 2 saturated heterocycles. The van der Waals surface area contributed by atoms with Gasteiger partial charge in [-0.2, -0.15) is 0 Å². The topological polar surface area (TPSA) is 44.4 Å². The monoisotopic (exact) mass is 239 g/mol. The Morgan fingerprint density at radius 2 is 2.12 bits per heavy atom. The molecule has 0 radical (unpaired) electrons. The van der Waals surface area contributed by atoms with Crippen LogP contribution in [0.5, 0.6) is 0 Å². The summed E-state index contributed by atoms with van der Waals surface area (Å²) in [7, 11) is 0. The van der Waals surface area contributed by atoms with Crippen LogP contribution in [0, 0.1) is 0 Å². The van der Waals surface area contributed by atoms with Crippen LogP contribution in [0.25, 0.3) is 0 Å². The average Bonchev–Trinajstić information content (AvgIpc) is 2.82. The van der Waals surface area contributed by atoms with Gasteiger partial charge in [0, 0.05) is 18.6 Å². The maximum atomic E-state index is 12.2. The summed E-state index contributed by atoms with van der Waals surface area (Å²) >= 11 is 0. The summed E-state index contributed by atoms with van der Waals surface area (Å²) in [6.07, 6.45) is 3.64. The molecule has 2 N–H and O–H groups in total. The van der Waals surface area contributed by atoms with Gasteiger partial charge in [-0.15, -0.1) is 0 Å².